The molecule has 0 saturated carbocycles. The van der Waals surface area contributed by atoms with Crippen molar-refractivity contribution in [1.29, 1.82) is 0 Å². The van der Waals surface area contributed by atoms with Crippen LogP contribution in [0, 0.1) is 0 Å². The number of hydrogen-bond acceptors (Lipinski definition) is 3. The van der Waals surface area contributed by atoms with E-state index in [1.807, 2.05) is 18.2 Å². The fraction of sp³-hybridized carbons (Fsp3) is 0.0625. The lowest BCUT2D eigenvalue weighted by atomic mass is 10.1. The Morgan fingerprint density at radius 3 is 2.74 bits per heavy atom. The highest BCUT2D eigenvalue weighted by Gasteiger charge is 2.19. The molecular weight excluding hydrogens is 254 g/mol. The molecule has 0 spiro atoms. The Morgan fingerprint density at radius 1 is 1.11 bits per heavy atom. The summed E-state index contributed by atoms with van der Waals surface area (Å²) in [5.74, 6) is 1.65. The summed E-state index contributed by atoms with van der Waals surface area (Å²) < 4.78 is 0. The zero-order valence-electron chi connectivity index (χ0n) is 10.4. The number of hydrogen-bond donors (Lipinski definition) is 0. The minimum Gasteiger partial charge on any atom is -0.343 e. The van der Waals surface area contributed by atoms with Crippen molar-refractivity contribution in [1.82, 2.24) is 0 Å². The van der Waals surface area contributed by atoms with E-state index in [0.717, 1.165) is 5.56 Å². The first-order chi connectivity index (χ1) is 9.29. The van der Waals surface area contributed by atoms with Gasteiger partial charge in [-0.25, -0.2) is 4.79 Å². The second kappa shape index (κ2) is 4.83. The predicted molar refractivity (Wildman–Crippen MR) is 78.7 cm³/mol. The maximum absolute atomic E-state index is 10.2. The van der Waals surface area contributed by atoms with Gasteiger partial charge in [-0.2, -0.15) is 0 Å². The maximum atomic E-state index is 10.2. The van der Waals surface area contributed by atoms with Crippen molar-refractivity contribution >= 4 is 35.2 Å². The van der Waals surface area contributed by atoms with Crippen LogP contribution in [0.3, 0.4) is 0 Å². The predicted octanol–water partition coefficient (Wildman–Crippen LogP) is 3.92. The zero-order valence-corrected chi connectivity index (χ0v) is 11.2. The van der Waals surface area contributed by atoms with Crippen molar-refractivity contribution in [3.05, 3.63) is 53.8 Å². The lowest BCUT2D eigenvalue weighted by Gasteiger charge is -2.29. The molecule has 92 valence electrons. The Kier molecular flexibility index (Phi) is 3.02. The van der Waals surface area contributed by atoms with Crippen LogP contribution in [0.1, 0.15) is 5.56 Å². The number of benzene rings is 2. The number of rotatable bonds is 1. The smallest absolute Gasteiger partial charge is 0.177 e. The van der Waals surface area contributed by atoms with Gasteiger partial charge >= 0.3 is 0 Å². The minimum atomic E-state index is 0.961. The van der Waals surface area contributed by atoms with E-state index >= 15 is 0 Å². The second-order valence-electron chi connectivity index (χ2n) is 4.25. The van der Waals surface area contributed by atoms with Crippen LogP contribution in [0.2, 0.25) is 0 Å². The van der Waals surface area contributed by atoms with Gasteiger partial charge in [-0.3, -0.25) is 0 Å². The summed E-state index contributed by atoms with van der Waals surface area (Å²) in [7, 11) is 2.07. The van der Waals surface area contributed by atoms with Crippen LogP contribution in [0.15, 0.2) is 58.0 Å². The third kappa shape index (κ3) is 2.11. The van der Waals surface area contributed by atoms with E-state index in [-0.39, 0.29) is 0 Å². The topological polar surface area (TPSA) is 20.3 Å². The van der Waals surface area contributed by atoms with Crippen molar-refractivity contribution in [3.63, 3.8) is 0 Å². The summed E-state index contributed by atoms with van der Waals surface area (Å²) in [6.07, 6.45) is 1.65. The van der Waals surface area contributed by atoms with E-state index in [2.05, 4.69) is 41.9 Å². The molecule has 2 aromatic rings. The molecule has 0 aromatic heterocycles. The summed E-state index contributed by atoms with van der Waals surface area (Å²) in [6, 6.07) is 14.4. The lowest BCUT2D eigenvalue weighted by Crippen LogP contribution is -2.14. The van der Waals surface area contributed by atoms with Crippen LogP contribution in [0.5, 0.6) is 0 Å². The average Bonchev–Trinajstić information content (AvgIpc) is 2.45. The Labute approximate surface area is 116 Å². The van der Waals surface area contributed by atoms with Crippen LogP contribution >= 0.6 is 11.8 Å². The molecule has 3 rings (SSSR count). The fourth-order valence-corrected chi connectivity index (χ4v) is 3.36. The quantitative estimate of drug-likeness (QED) is 0.576. The molecule has 1 aliphatic heterocycles. The number of anilines is 2. The number of para-hydroxylation sites is 1. The van der Waals surface area contributed by atoms with Gasteiger partial charge in [-0.1, -0.05) is 30.0 Å². The minimum absolute atomic E-state index is 0.961. The summed E-state index contributed by atoms with van der Waals surface area (Å²) in [5, 5.41) is 0. The third-order valence-electron chi connectivity index (χ3n) is 3.09. The van der Waals surface area contributed by atoms with Gasteiger partial charge in [0.15, 0.2) is 5.94 Å². The van der Waals surface area contributed by atoms with E-state index in [0.29, 0.717) is 0 Å². The van der Waals surface area contributed by atoms with E-state index in [9.17, 15) is 4.79 Å². The second-order valence-corrected chi connectivity index (χ2v) is 5.33. The monoisotopic (exact) mass is 265 g/mol. The van der Waals surface area contributed by atoms with Gasteiger partial charge < -0.3 is 4.90 Å². The zero-order chi connectivity index (χ0) is 13.2. The molecule has 0 aliphatic carbocycles. The number of fused-ring (bicyclic) bond motifs is 2. The highest BCUT2D eigenvalue weighted by molar-refractivity contribution is 7.99. The van der Waals surface area contributed by atoms with Crippen LogP contribution in [-0.2, 0) is 4.79 Å². The summed E-state index contributed by atoms with van der Waals surface area (Å²) >= 11 is 1.75. The molecule has 2 nitrogen and oxygen atoms in total. The highest BCUT2D eigenvalue weighted by Crippen LogP contribution is 2.47. The summed E-state index contributed by atoms with van der Waals surface area (Å²) in [5.41, 5.74) is 5.80. The molecular formula is C16H11NOS. The van der Waals surface area contributed by atoms with E-state index in [4.69, 9.17) is 0 Å². The molecule has 0 amide bonds. The summed E-state index contributed by atoms with van der Waals surface area (Å²) in [6.45, 7) is 0. The van der Waals surface area contributed by atoms with Crippen molar-refractivity contribution in [2.24, 2.45) is 0 Å². The van der Waals surface area contributed by atoms with Crippen molar-refractivity contribution in [3.8, 4) is 0 Å². The van der Waals surface area contributed by atoms with Gasteiger partial charge in [0.05, 0.1) is 11.4 Å². The van der Waals surface area contributed by atoms with E-state index in [1.165, 1.54) is 21.2 Å². The Hall–Kier alpha value is -2.18. The fourth-order valence-electron chi connectivity index (χ4n) is 2.16. The van der Waals surface area contributed by atoms with Crippen LogP contribution in [0.4, 0.5) is 11.4 Å². The Balaban J connectivity index is 2.10. The van der Waals surface area contributed by atoms with Crippen LogP contribution < -0.4 is 4.90 Å². The van der Waals surface area contributed by atoms with Gasteiger partial charge in [-0.15, -0.1) is 0 Å². The molecule has 1 aliphatic rings. The number of nitrogens with zero attached hydrogens (tertiary/aromatic N) is 1. The van der Waals surface area contributed by atoms with Gasteiger partial charge in [-0.05, 0) is 41.6 Å². The van der Waals surface area contributed by atoms with E-state index in [1.54, 1.807) is 23.8 Å². The normalized spacial score (nSPS) is 11.9. The first-order valence-electron chi connectivity index (χ1n) is 5.90. The van der Waals surface area contributed by atoms with Gasteiger partial charge in [0, 0.05) is 16.8 Å². The molecule has 0 saturated heterocycles. The Morgan fingerprint density at radius 2 is 1.89 bits per heavy atom. The molecule has 0 fully saturated rings. The standard InChI is InChI=1S/C16H11NOS/c1-17-13-6-2-3-7-15(13)19-16-11-12(5-4-10-18)8-9-14(16)17/h2-3,5-9,11H,1H3. The SMILES string of the molecule is CN1c2ccccc2Sc2cc(C=C=C=O)ccc21. The van der Waals surface area contributed by atoms with Gasteiger partial charge in [0.1, 0.15) is 0 Å². The first-order valence-corrected chi connectivity index (χ1v) is 6.72. The average molecular weight is 265 g/mol. The largest absolute Gasteiger partial charge is 0.343 e. The molecule has 0 atom stereocenters. The van der Waals surface area contributed by atoms with Crippen LogP contribution in [0.25, 0.3) is 6.08 Å². The first kappa shape index (κ1) is 11.9. The molecule has 2 aromatic carbocycles. The molecule has 0 N–H and O–H groups in total. The third-order valence-corrected chi connectivity index (χ3v) is 4.20. The van der Waals surface area contributed by atoms with Crippen molar-refractivity contribution in [2.45, 2.75) is 9.79 Å². The van der Waals surface area contributed by atoms with Gasteiger partial charge in [0.25, 0.3) is 0 Å². The van der Waals surface area contributed by atoms with Gasteiger partial charge in [0.2, 0.25) is 0 Å². The molecule has 0 radical (unpaired) electrons. The van der Waals surface area contributed by atoms with Crippen molar-refractivity contribution < 1.29 is 4.79 Å². The molecule has 19 heavy (non-hydrogen) atoms. The highest BCUT2D eigenvalue weighted by atomic mass is 32.2. The summed E-state index contributed by atoms with van der Waals surface area (Å²) in [4.78, 5) is 14.8. The Bertz CT molecular complexity index is 725. The van der Waals surface area contributed by atoms with Crippen LogP contribution in [-0.4, -0.2) is 13.0 Å². The molecule has 1 heterocycles. The molecule has 0 bridgehead atoms. The van der Waals surface area contributed by atoms with Crippen molar-refractivity contribution in [2.75, 3.05) is 11.9 Å². The maximum Gasteiger partial charge on any atom is 0.177 e. The molecule has 0 unspecified atom stereocenters. The lowest BCUT2D eigenvalue weighted by molar-refractivity contribution is 0.569. The number of carbonyl (C=O) groups excluding carboxylic acids is 1. The molecule has 3 heteroatoms. The van der Waals surface area contributed by atoms with E-state index < -0.39 is 0 Å².